The Bertz CT molecular complexity index is 858. The lowest BCUT2D eigenvalue weighted by Gasteiger charge is -2.29. The SMILES string of the molecule is COc1cc(OC)c2c(c1C=O)OC(c1ccccc1)C(C=O)=C2Cl. The number of hydrogen-bond donors (Lipinski definition) is 0. The molecule has 0 aliphatic carbocycles. The van der Waals surface area contributed by atoms with E-state index in [1.807, 2.05) is 30.3 Å². The summed E-state index contributed by atoms with van der Waals surface area (Å²) in [6, 6.07) is 10.7. The molecular weight excluding hydrogens is 344 g/mol. The Hall–Kier alpha value is -2.79. The van der Waals surface area contributed by atoms with Gasteiger partial charge in [0.25, 0.3) is 0 Å². The molecule has 0 aromatic heterocycles. The van der Waals surface area contributed by atoms with Gasteiger partial charge in [-0.2, -0.15) is 0 Å². The number of halogens is 1. The van der Waals surface area contributed by atoms with Crippen LogP contribution < -0.4 is 14.2 Å². The molecule has 1 aliphatic rings. The zero-order valence-corrected chi connectivity index (χ0v) is 14.4. The van der Waals surface area contributed by atoms with E-state index in [4.69, 9.17) is 25.8 Å². The molecule has 2 aromatic carbocycles. The summed E-state index contributed by atoms with van der Waals surface area (Å²) in [4.78, 5) is 23.3. The van der Waals surface area contributed by atoms with Crippen LogP contribution in [0.25, 0.3) is 5.03 Å². The van der Waals surface area contributed by atoms with Crippen molar-refractivity contribution in [2.24, 2.45) is 0 Å². The van der Waals surface area contributed by atoms with E-state index in [9.17, 15) is 9.59 Å². The average molecular weight is 359 g/mol. The smallest absolute Gasteiger partial charge is 0.157 e. The summed E-state index contributed by atoms with van der Waals surface area (Å²) in [5, 5.41) is 0.188. The van der Waals surface area contributed by atoms with Gasteiger partial charge in [-0.05, 0) is 5.56 Å². The van der Waals surface area contributed by atoms with Crippen LogP contribution in [0.2, 0.25) is 0 Å². The zero-order valence-electron chi connectivity index (χ0n) is 13.6. The fraction of sp³-hybridized carbons (Fsp3) is 0.158. The quantitative estimate of drug-likeness (QED) is 0.761. The maximum absolute atomic E-state index is 11.7. The minimum atomic E-state index is -0.728. The molecule has 25 heavy (non-hydrogen) atoms. The van der Waals surface area contributed by atoms with E-state index < -0.39 is 6.10 Å². The molecule has 6 heteroatoms. The maximum atomic E-state index is 11.7. The van der Waals surface area contributed by atoms with Crippen molar-refractivity contribution in [1.82, 2.24) is 0 Å². The molecule has 2 aromatic rings. The molecule has 0 radical (unpaired) electrons. The first-order valence-electron chi connectivity index (χ1n) is 7.47. The molecule has 0 saturated carbocycles. The predicted octanol–water partition coefficient (Wildman–Crippen LogP) is 3.80. The van der Waals surface area contributed by atoms with E-state index in [1.54, 1.807) is 6.07 Å². The monoisotopic (exact) mass is 358 g/mol. The van der Waals surface area contributed by atoms with Crippen LogP contribution in [0.4, 0.5) is 0 Å². The summed E-state index contributed by atoms with van der Waals surface area (Å²) in [6.45, 7) is 0. The molecule has 3 rings (SSSR count). The third kappa shape index (κ3) is 2.76. The topological polar surface area (TPSA) is 61.8 Å². The molecule has 0 saturated heterocycles. The number of carbonyl (C=O) groups excluding carboxylic acids is 2. The molecule has 1 unspecified atom stereocenters. The number of fused-ring (bicyclic) bond motifs is 1. The van der Waals surface area contributed by atoms with E-state index in [1.165, 1.54) is 14.2 Å². The second-order valence-corrected chi connectivity index (χ2v) is 5.69. The van der Waals surface area contributed by atoms with Gasteiger partial charge in [0.2, 0.25) is 0 Å². The summed E-state index contributed by atoms with van der Waals surface area (Å²) in [5.74, 6) is 0.889. The lowest BCUT2D eigenvalue weighted by molar-refractivity contribution is -0.105. The summed E-state index contributed by atoms with van der Waals surface area (Å²) >= 11 is 6.50. The number of hydrogen-bond acceptors (Lipinski definition) is 5. The Balaban J connectivity index is 2.31. The summed E-state index contributed by atoms with van der Waals surface area (Å²) in [5.41, 5.74) is 1.58. The molecule has 5 nitrogen and oxygen atoms in total. The fourth-order valence-electron chi connectivity index (χ4n) is 2.83. The first kappa shape index (κ1) is 17.0. The van der Waals surface area contributed by atoms with E-state index in [0.29, 0.717) is 29.6 Å². The maximum Gasteiger partial charge on any atom is 0.157 e. The highest BCUT2D eigenvalue weighted by Crippen LogP contribution is 2.50. The van der Waals surface area contributed by atoms with Gasteiger partial charge in [0.05, 0.1) is 36.0 Å². The molecule has 0 N–H and O–H groups in total. The van der Waals surface area contributed by atoms with Crippen LogP contribution in [0, 0.1) is 0 Å². The van der Waals surface area contributed by atoms with Crippen LogP contribution in [-0.4, -0.2) is 26.8 Å². The van der Waals surface area contributed by atoms with Crippen molar-refractivity contribution in [3.05, 3.63) is 58.7 Å². The molecular formula is C19H15ClO5. The summed E-state index contributed by atoms with van der Waals surface area (Å²) in [7, 11) is 2.91. The molecule has 1 aliphatic heterocycles. The Labute approximate surface area is 149 Å². The van der Waals surface area contributed by atoms with E-state index >= 15 is 0 Å². The van der Waals surface area contributed by atoms with Gasteiger partial charge in [-0.1, -0.05) is 41.9 Å². The second kappa shape index (κ2) is 6.99. The van der Waals surface area contributed by atoms with Gasteiger partial charge >= 0.3 is 0 Å². The molecule has 0 spiro atoms. The number of ether oxygens (including phenoxy) is 3. The van der Waals surface area contributed by atoms with E-state index in [0.717, 1.165) is 5.56 Å². The van der Waals surface area contributed by atoms with E-state index in [-0.39, 0.29) is 21.9 Å². The van der Waals surface area contributed by atoms with Crippen molar-refractivity contribution in [3.63, 3.8) is 0 Å². The van der Waals surface area contributed by atoms with Crippen LogP contribution in [0.3, 0.4) is 0 Å². The fourth-order valence-corrected chi connectivity index (χ4v) is 3.15. The van der Waals surface area contributed by atoms with Gasteiger partial charge in [-0.15, -0.1) is 0 Å². The Morgan fingerprint density at radius 1 is 1.04 bits per heavy atom. The minimum Gasteiger partial charge on any atom is -0.496 e. The minimum absolute atomic E-state index is 0.188. The highest BCUT2D eigenvalue weighted by Gasteiger charge is 2.34. The van der Waals surface area contributed by atoms with Gasteiger partial charge in [0.1, 0.15) is 17.2 Å². The van der Waals surface area contributed by atoms with Gasteiger partial charge in [0, 0.05) is 6.07 Å². The first-order valence-corrected chi connectivity index (χ1v) is 7.85. The normalized spacial score (nSPS) is 15.9. The first-order chi connectivity index (χ1) is 12.2. The molecule has 1 heterocycles. The second-order valence-electron chi connectivity index (χ2n) is 5.31. The summed E-state index contributed by atoms with van der Waals surface area (Å²) < 4.78 is 16.6. The van der Waals surface area contributed by atoms with Crippen molar-refractivity contribution in [2.45, 2.75) is 6.10 Å². The van der Waals surface area contributed by atoms with E-state index in [2.05, 4.69) is 0 Å². The van der Waals surface area contributed by atoms with Crippen molar-refractivity contribution in [2.75, 3.05) is 14.2 Å². The van der Waals surface area contributed by atoms with Crippen molar-refractivity contribution >= 4 is 29.2 Å². The van der Waals surface area contributed by atoms with Crippen LogP contribution in [0.5, 0.6) is 17.2 Å². The van der Waals surface area contributed by atoms with Crippen molar-refractivity contribution in [1.29, 1.82) is 0 Å². The average Bonchev–Trinajstić information content (AvgIpc) is 2.66. The Morgan fingerprint density at radius 3 is 2.28 bits per heavy atom. The third-order valence-electron chi connectivity index (χ3n) is 4.02. The zero-order chi connectivity index (χ0) is 18.0. The highest BCUT2D eigenvalue weighted by molar-refractivity contribution is 6.51. The molecule has 0 bridgehead atoms. The third-order valence-corrected chi connectivity index (χ3v) is 4.43. The Kier molecular flexibility index (Phi) is 4.76. The molecule has 128 valence electrons. The largest absolute Gasteiger partial charge is 0.496 e. The van der Waals surface area contributed by atoms with Gasteiger partial charge in [-0.25, -0.2) is 0 Å². The number of methoxy groups -OCH3 is 2. The standard InChI is InChI=1S/C19H15ClO5/c1-23-14-8-15(24-2)16-17(20)13(10-22)18(11-6-4-3-5-7-11)25-19(16)12(14)9-21/h3-10,18H,1-2H3. The van der Waals surface area contributed by atoms with Gasteiger partial charge in [-0.3, -0.25) is 9.59 Å². The number of carbonyl (C=O) groups is 2. The lowest BCUT2D eigenvalue weighted by Crippen LogP contribution is -2.19. The van der Waals surface area contributed by atoms with Crippen LogP contribution in [0.15, 0.2) is 42.0 Å². The Morgan fingerprint density at radius 2 is 1.72 bits per heavy atom. The number of benzene rings is 2. The van der Waals surface area contributed by atoms with Crippen molar-refractivity contribution in [3.8, 4) is 17.2 Å². The summed E-state index contributed by atoms with van der Waals surface area (Å²) in [6.07, 6.45) is 0.566. The van der Waals surface area contributed by atoms with Crippen molar-refractivity contribution < 1.29 is 23.8 Å². The van der Waals surface area contributed by atoms with Crippen LogP contribution in [-0.2, 0) is 4.79 Å². The van der Waals surface area contributed by atoms with Gasteiger partial charge in [0.15, 0.2) is 18.7 Å². The van der Waals surface area contributed by atoms with Crippen LogP contribution in [0.1, 0.15) is 27.6 Å². The molecule has 0 amide bonds. The number of rotatable bonds is 5. The molecule has 1 atom stereocenters. The number of aldehydes is 2. The van der Waals surface area contributed by atoms with Crippen LogP contribution >= 0.6 is 11.6 Å². The predicted molar refractivity (Wildman–Crippen MR) is 93.6 cm³/mol. The van der Waals surface area contributed by atoms with Gasteiger partial charge < -0.3 is 14.2 Å². The lowest BCUT2D eigenvalue weighted by atomic mass is 9.94. The highest BCUT2D eigenvalue weighted by atomic mass is 35.5. The molecule has 0 fully saturated rings.